The lowest BCUT2D eigenvalue weighted by Crippen LogP contribution is -2.13. The van der Waals surface area contributed by atoms with Gasteiger partial charge in [-0.1, -0.05) is 106 Å². The van der Waals surface area contributed by atoms with Gasteiger partial charge in [0.15, 0.2) is 0 Å². The number of hydrogen-bond donors (Lipinski definition) is 0. The number of rotatable bonds is 8. The largest absolute Gasteiger partial charge is 0.206 e. The van der Waals surface area contributed by atoms with Gasteiger partial charge < -0.3 is 0 Å². The molecule has 0 amide bonds. The molecule has 1 fully saturated rings. The molecule has 4 rings (SSSR count). The van der Waals surface area contributed by atoms with Gasteiger partial charge >= 0.3 is 0 Å². The van der Waals surface area contributed by atoms with Crippen LogP contribution in [-0.2, 0) is 0 Å². The smallest absolute Gasteiger partial charge is 0.138 e. The van der Waals surface area contributed by atoms with Crippen LogP contribution in [0, 0.1) is 11.7 Å². The number of halogens is 1. The molecule has 158 valence electrons. The van der Waals surface area contributed by atoms with Crippen LogP contribution >= 0.6 is 0 Å². The first-order valence-electron chi connectivity index (χ1n) is 12.0. The maximum atomic E-state index is 15.2. The Morgan fingerprint density at radius 3 is 2.33 bits per heavy atom. The molecule has 0 bridgehead atoms. The molecule has 30 heavy (non-hydrogen) atoms. The van der Waals surface area contributed by atoms with Gasteiger partial charge in [-0.05, 0) is 54.0 Å². The molecule has 0 atom stereocenters. The Labute approximate surface area is 181 Å². The van der Waals surface area contributed by atoms with Crippen molar-refractivity contribution in [2.75, 3.05) is 0 Å². The number of benzene rings is 3. The van der Waals surface area contributed by atoms with E-state index in [-0.39, 0.29) is 5.82 Å². The van der Waals surface area contributed by atoms with Gasteiger partial charge in [-0.3, -0.25) is 0 Å². The lowest BCUT2D eigenvalue weighted by molar-refractivity contribution is 0.302. The fourth-order valence-electron chi connectivity index (χ4n) is 5.23. The summed E-state index contributed by atoms with van der Waals surface area (Å²) in [7, 11) is 0. The highest BCUT2D eigenvalue weighted by Crippen LogP contribution is 2.39. The maximum absolute atomic E-state index is 15.2. The zero-order valence-corrected chi connectivity index (χ0v) is 18.4. The van der Waals surface area contributed by atoms with Crippen LogP contribution in [0.2, 0.25) is 0 Å². The van der Waals surface area contributed by atoms with E-state index in [1.54, 1.807) is 0 Å². The average Bonchev–Trinajstić information content (AvgIpc) is 2.80. The zero-order valence-electron chi connectivity index (χ0n) is 18.4. The molecule has 1 heteroatoms. The summed E-state index contributed by atoms with van der Waals surface area (Å²) < 4.78 is 15.2. The van der Waals surface area contributed by atoms with Crippen LogP contribution in [0.5, 0.6) is 0 Å². The molecular weight excluding hydrogens is 367 g/mol. The summed E-state index contributed by atoms with van der Waals surface area (Å²) in [5, 5.41) is 1.77. The van der Waals surface area contributed by atoms with E-state index in [1.165, 1.54) is 69.8 Å². The van der Waals surface area contributed by atoms with E-state index in [9.17, 15) is 0 Å². The SMILES string of the molecule is CCCCCCC[C@H]1CC[C@H](c2ccc3c(F)c(-c4ccccc4)ccc3c2)CC1. The minimum absolute atomic E-state index is 0.1000. The van der Waals surface area contributed by atoms with Gasteiger partial charge in [0.05, 0.1) is 0 Å². The second-order valence-corrected chi connectivity index (χ2v) is 9.19. The van der Waals surface area contributed by atoms with Crippen LogP contribution in [-0.4, -0.2) is 0 Å². The highest BCUT2D eigenvalue weighted by atomic mass is 19.1. The fraction of sp³-hybridized carbons (Fsp3) is 0.448. The highest BCUT2D eigenvalue weighted by molar-refractivity contribution is 5.88. The Kier molecular flexibility index (Phi) is 7.20. The average molecular weight is 403 g/mol. The fourth-order valence-corrected chi connectivity index (χ4v) is 5.23. The number of unbranched alkanes of at least 4 members (excludes halogenated alkanes) is 4. The van der Waals surface area contributed by atoms with E-state index in [1.807, 2.05) is 42.5 Å². The molecule has 1 saturated carbocycles. The quantitative estimate of drug-likeness (QED) is 0.329. The number of hydrogen-bond acceptors (Lipinski definition) is 0. The Hall–Kier alpha value is -2.15. The summed E-state index contributed by atoms with van der Waals surface area (Å²) >= 11 is 0. The summed E-state index contributed by atoms with van der Waals surface area (Å²) in [5.41, 5.74) is 3.03. The summed E-state index contributed by atoms with van der Waals surface area (Å²) in [6.45, 7) is 2.28. The van der Waals surface area contributed by atoms with E-state index in [4.69, 9.17) is 0 Å². The standard InChI is InChI=1S/C29H35F/c1-2-3-4-5-7-10-22-13-15-23(16-14-22)25-17-19-28-26(21-25)18-20-27(29(28)30)24-11-8-6-9-12-24/h6,8-9,11-12,17-23H,2-5,7,10,13-16H2,1H3/t22-,23-. The zero-order chi connectivity index (χ0) is 20.8. The van der Waals surface area contributed by atoms with Crippen molar-refractivity contribution < 1.29 is 4.39 Å². The predicted molar refractivity (Wildman–Crippen MR) is 127 cm³/mol. The molecule has 1 aliphatic carbocycles. The Morgan fingerprint density at radius 2 is 1.57 bits per heavy atom. The van der Waals surface area contributed by atoms with Gasteiger partial charge in [-0.25, -0.2) is 4.39 Å². The monoisotopic (exact) mass is 402 g/mol. The van der Waals surface area contributed by atoms with Gasteiger partial charge in [0, 0.05) is 10.9 Å². The number of fused-ring (bicyclic) bond motifs is 1. The van der Waals surface area contributed by atoms with Crippen molar-refractivity contribution in [2.24, 2.45) is 5.92 Å². The molecule has 0 aliphatic heterocycles. The van der Waals surface area contributed by atoms with E-state index in [0.717, 1.165) is 22.3 Å². The minimum Gasteiger partial charge on any atom is -0.206 e. The van der Waals surface area contributed by atoms with Crippen molar-refractivity contribution in [1.29, 1.82) is 0 Å². The van der Waals surface area contributed by atoms with Crippen LogP contribution in [0.15, 0.2) is 60.7 Å². The summed E-state index contributed by atoms with van der Waals surface area (Å²) in [5.74, 6) is 1.47. The van der Waals surface area contributed by atoms with Crippen molar-refractivity contribution in [1.82, 2.24) is 0 Å². The van der Waals surface area contributed by atoms with E-state index in [2.05, 4.69) is 25.1 Å². The van der Waals surface area contributed by atoms with Crippen molar-refractivity contribution in [2.45, 2.75) is 77.0 Å². The molecule has 0 saturated heterocycles. The molecule has 0 N–H and O–H groups in total. The van der Waals surface area contributed by atoms with Gasteiger partial charge in [0.2, 0.25) is 0 Å². The summed E-state index contributed by atoms with van der Waals surface area (Å²) in [6, 6.07) is 20.3. The maximum Gasteiger partial charge on any atom is 0.138 e. The van der Waals surface area contributed by atoms with Crippen molar-refractivity contribution in [3.63, 3.8) is 0 Å². The van der Waals surface area contributed by atoms with Crippen molar-refractivity contribution >= 4 is 10.8 Å². The third kappa shape index (κ3) is 4.94. The Bertz CT molecular complexity index is 935. The Balaban J connectivity index is 1.40. The molecule has 0 unspecified atom stereocenters. The predicted octanol–water partition coefficient (Wildman–Crippen LogP) is 9.28. The third-order valence-corrected chi connectivity index (χ3v) is 7.10. The molecule has 3 aromatic rings. The van der Waals surface area contributed by atoms with Gasteiger partial charge in [-0.15, -0.1) is 0 Å². The minimum atomic E-state index is -0.1000. The normalized spacial score (nSPS) is 19.3. The van der Waals surface area contributed by atoms with Crippen molar-refractivity contribution in [3.8, 4) is 11.1 Å². The lowest BCUT2D eigenvalue weighted by Gasteiger charge is -2.29. The van der Waals surface area contributed by atoms with Crippen LogP contribution in [0.25, 0.3) is 21.9 Å². The molecular formula is C29H35F. The Morgan fingerprint density at radius 1 is 0.800 bits per heavy atom. The second kappa shape index (κ2) is 10.2. The van der Waals surface area contributed by atoms with E-state index < -0.39 is 0 Å². The van der Waals surface area contributed by atoms with Crippen LogP contribution in [0.4, 0.5) is 4.39 Å². The molecule has 0 aromatic heterocycles. The van der Waals surface area contributed by atoms with Crippen LogP contribution in [0.1, 0.15) is 82.6 Å². The molecule has 0 nitrogen and oxygen atoms in total. The van der Waals surface area contributed by atoms with Crippen LogP contribution in [0.3, 0.4) is 0 Å². The first-order valence-corrected chi connectivity index (χ1v) is 12.0. The summed E-state index contributed by atoms with van der Waals surface area (Å²) in [4.78, 5) is 0. The van der Waals surface area contributed by atoms with Crippen molar-refractivity contribution in [3.05, 3.63) is 72.0 Å². The van der Waals surface area contributed by atoms with E-state index >= 15 is 4.39 Å². The topological polar surface area (TPSA) is 0 Å². The molecule has 0 radical (unpaired) electrons. The highest BCUT2D eigenvalue weighted by Gasteiger charge is 2.22. The lowest BCUT2D eigenvalue weighted by atomic mass is 9.76. The van der Waals surface area contributed by atoms with Gasteiger partial charge in [-0.2, -0.15) is 0 Å². The van der Waals surface area contributed by atoms with E-state index in [0.29, 0.717) is 11.5 Å². The molecule has 0 spiro atoms. The van der Waals surface area contributed by atoms with Crippen LogP contribution < -0.4 is 0 Å². The summed E-state index contributed by atoms with van der Waals surface area (Å²) in [6.07, 6.45) is 13.7. The molecule has 0 heterocycles. The molecule has 1 aliphatic rings. The third-order valence-electron chi connectivity index (χ3n) is 7.10. The second-order valence-electron chi connectivity index (χ2n) is 9.19. The van der Waals surface area contributed by atoms with Gasteiger partial charge in [0.25, 0.3) is 0 Å². The van der Waals surface area contributed by atoms with Gasteiger partial charge in [0.1, 0.15) is 5.82 Å². The first-order chi connectivity index (χ1) is 14.8. The first kappa shape index (κ1) is 21.1. The molecule has 3 aromatic carbocycles.